The van der Waals surface area contributed by atoms with Crippen molar-refractivity contribution in [2.45, 2.75) is 11.4 Å². The van der Waals surface area contributed by atoms with Gasteiger partial charge >= 0.3 is 0 Å². The minimum Gasteiger partial charge on any atom is -0.355 e. The fourth-order valence-corrected chi connectivity index (χ4v) is 2.92. The van der Waals surface area contributed by atoms with E-state index in [2.05, 4.69) is 20.3 Å². The van der Waals surface area contributed by atoms with Crippen molar-refractivity contribution in [2.75, 3.05) is 26.4 Å². The molecule has 0 fully saturated rings. The molecule has 0 aliphatic carbocycles. The summed E-state index contributed by atoms with van der Waals surface area (Å²) in [6.45, 7) is 1.53. The summed E-state index contributed by atoms with van der Waals surface area (Å²) in [5, 5.41) is 7.50. The SMILES string of the molecule is CN=C(NCCSc1ccc(F)cc1)N(C)Cc1cnn(C)c1.I. The number of nitrogens with zero attached hydrogens (tertiary/aromatic N) is 4. The first-order chi connectivity index (χ1) is 11.1. The van der Waals surface area contributed by atoms with Gasteiger partial charge in [0.2, 0.25) is 0 Å². The molecule has 0 aliphatic rings. The van der Waals surface area contributed by atoms with Crippen LogP contribution in [0.4, 0.5) is 4.39 Å². The summed E-state index contributed by atoms with van der Waals surface area (Å²) in [7, 11) is 5.67. The van der Waals surface area contributed by atoms with Crippen LogP contribution in [0.2, 0.25) is 0 Å². The molecule has 0 spiro atoms. The van der Waals surface area contributed by atoms with Crippen LogP contribution in [0.25, 0.3) is 0 Å². The van der Waals surface area contributed by atoms with E-state index in [0.29, 0.717) is 0 Å². The van der Waals surface area contributed by atoms with E-state index in [1.807, 2.05) is 26.5 Å². The van der Waals surface area contributed by atoms with Gasteiger partial charge in [0.1, 0.15) is 5.82 Å². The lowest BCUT2D eigenvalue weighted by Crippen LogP contribution is -2.39. The van der Waals surface area contributed by atoms with Gasteiger partial charge < -0.3 is 10.2 Å². The first-order valence-corrected chi connectivity index (χ1v) is 8.34. The number of aliphatic imine (C=N–C) groups is 1. The summed E-state index contributed by atoms with van der Waals surface area (Å²) in [6, 6.07) is 6.55. The van der Waals surface area contributed by atoms with Crippen LogP contribution < -0.4 is 5.32 Å². The zero-order valence-corrected chi connectivity index (χ0v) is 17.2. The molecule has 1 heterocycles. The predicted octanol–water partition coefficient (Wildman–Crippen LogP) is 2.98. The molecule has 0 bridgehead atoms. The average molecular weight is 463 g/mol. The molecule has 8 heteroatoms. The number of nitrogens with one attached hydrogen (secondary N) is 1. The zero-order valence-electron chi connectivity index (χ0n) is 14.1. The second kappa shape index (κ2) is 10.5. The number of guanidine groups is 1. The number of hydrogen-bond donors (Lipinski definition) is 1. The van der Waals surface area contributed by atoms with Crippen molar-refractivity contribution in [3.05, 3.63) is 48.0 Å². The average Bonchev–Trinajstić information content (AvgIpc) is 2.94. The van der Waals surface area contributed by atoms with Gasteiger partial charge in [-0.25, -0.2) is 4.39 Å². The van der Waals surface area contributed by atoms with Crippen molar-refractivity contribution in [1.82, 2.24) is 20.0 Å². The predicted molar refractivity (Wildman–Crippen MR) is 109 cm³/mol. The van der Waals surface area contributed by atoms with Gasteiger partial charge in [-0.15, -0.1) is 35.7 Å². The van der Waals surface area contributed by atoms with Gasteiger partial charge in [-0.3, -0.25) is 9.67 Å². The van der Waals surface area contributed by atoms with Gasteiger partial charge in [-0.05, 0) is 24.3 Å². The number of benzene rings is 1. The standard InChI is InChI=1S/C16H22FN5S.HI/c1-18-16(21(2)11-13-10-20-22(3)12-13)19-8-9-23-15-6-4-14(17)5-7-15;/h4-7,10,12H,8-9,11H2,1-3H3,(H,18,19);1H. The van der Waals surface area contributed by atoms with Gasteiger partial charge in [0.25, 0.3) is 0 Å². The Hall–Kier alpha value is -1.29. The maximum atomic E-state index is 12.8. The normalized spacial score (nSPS) is 11.1. The minimum absolute atomic E-state index is 0. The van der Waals surface area contributed by atoms with Crippen LogP contribution in [0.3, 0.4) is 0 Å². The summed E-state index contributed by atoms with van der Waals surface area (Å²) in [4.78, 5) is 7.41. The smallest absolute Gasteiger partial charge is 0.193 e. The molecule has 24 heavy (non-hydrogen) atoms. The van der Waals surface area contributed by atoms with Gasteiger partial charge in [0.15, 0.2) is 5.96 Å². The van der Waals surface area contributed by atoms with Crippen molar-refractivity contribution in [3.8, 4) is 0 Å². The second-order valence-corrected chi connectivity index (χ2v) is 6.32. The molecule has 1 N–H and O–H groups in total. The highest BCUT2D eigenvalue weighted by atomic mass is 127. The second-order valence-electron chi connectivity index (χ2n) is 5.15. The lowest BCUT2D eigenvalue weighted by Gasteiger charge is -2.21. The first-order valence-electron chi connectivity index (χ1n) is 7.36. The summed E-state index contributed by atoms with van der Waals surface area (Å²) in [6.07, 6.45) is 3.85. The minimum atomic E-state index is -0.204. The molecular formula is C16H23FIN5S. The third-order valence-corrected chi connectivity index (χ3v) is 4.23. The lowest BCUT2D eigenvalue weighted by atomic mass is 10.3. The van der Waals surface area contributed by atoms with E-state index in [9.17, 15) is 4.39 Å². The molecule has 2 rings (SSSR count). The maximum absolute atomic E-state index is 12.8. The molecule has 0 atom stereocenters. The Labute approximate surface area is 163 Å². The number of hydrogen-bond acceptors (Lipinski definition) is 3. The highest BCUT2D eigenvalue weighted by molar-refractivity contribution is 14.0. The van der Waals surface area contributed by atoms with Gasteiger partial charge in [0, 0.05) is 56.6 Å². The van der Waals surface area contributed by atoms with Gasteiger partial charge in [0.05, 0.1) is 6.20 Å². The molecule has 0 aliphatic heterocycles. The molecule has 132 valence electrons. The Bertz CT molecular complexity index is 644. The van der Waals surface area contributed by atoms with E-state index in [4.69, 9.17) is 0 Å². The quantitative estimate of drug-likeness (QED) is 0.235. The third-order valence-electron chi connectivity index (χ3n) is 3.22. The zero-order chi connectivity index (χ0) is 16.7. The first kappa shape index (κ1) is 20.8. The highest BCUT2D eigenvalue weighted by Gasteiger charge is 2.07. The molecule has 0 saturated carbocycles. The molecule has 0 amide bonds. The van der Waals surface area contributed by atoms with E-state index in [1.165, 1.54) is 12.1 Å². The van der Waals surface area contributed by atoms with Crippen molar-refractivity contribution in [3.63, 3.8) is 0 Å². The molecule has 5 nitrogen and oxygen atoms in total. The topological polar surface area (TPSA) is 45.5 Å². The van der Waals surface area contributed by atoms with Crippen molar-refractivity contribution < 1.29 is 4.39 Å². The summed E-state index contributed by atoms with van der Waals surface area (Å²) in [5.74, 6) is 1.52. The Kier molecular flexibility index (Phi) is 9.12. The van der Waals surface area contributed by atoms with Crippen LogP contribution in [0.5, 0.6) is 0 Å². The number of aryl methyl sites for hydroxylation is 1. The number of halogens is 2. The molecule has 0 saturated heterocycles. The Morgan fingerprint density at radius 2 is 2.08 bits per heavy atom. The lowest BCUT2D eigenvalue weighted by molar-refractivity contribution is 0.479. The van der Waals surface area contributed by atoms with Gasteiger partial charge in [-0.1, -0.05) is 0 Å². The third kappa shape index (κ3) is 6.68. The summed E-state index contributed by atoms with van der Waals surface area (Å²) < 4.78 is 14.6. The Morgan fingerprint density at radius 1 is 1.38 bits per heavy atom. The van der Waals surface area contributed by atoms with E-state index >= 15 is 0 Å². The highest BCUT2D eigenvalue weighted by Crippen LogP contribution is 2.17. The largest absolute Gasteiger partial charge is 0.355 e. The fraction of sp³-hybridized carbons (Fsp3) is 0.375. The monoisotopic (exact) mass is 463 g/mol. The number of thioether (sulfide) groups is 1. The number of aromatic nitrogens is 2. The van der Waals surface area contributed by atoms with Crippen LogP contribution in [0.1, 0.15) is 5.56 Å². The van der Waals surface area contributed by atoms with Crippen molar-refractivity contribution in [1.29, 1.82) is 0 Å². The van der Waals surface area contributed by atoms with E-state index in [-0.39, 0.29) is 29.8 Å². The van der Waals surface area contributed by atoms with Crippen LogP contribution in [0.15, 0.2) is 46.5 Å². The van der Waals surface area contributed by atoms with Gasteiger partial charge in [-0.2, -0.15) is 5.10 Å². The molecular weight excluding hydrogens is 440 g/mol. The molecule has 0 radical (unpaired) electrons. The summed E-state index contributed by atoms with van der Waals surface area (Å²) >= 11 is 1.68. The van der Waals surface area contributed by atoms with E-state index in [0.717, 1.165) is 35.3 Å². The van der Waals surface area contributed by atoms with Crippen molar-refractivity contribution >= 4 is 41.7 Å². The van der Waals surface area contributed by atoms with Crippen LogP contribution >= 0.6 is 35.7 Å². The van der Waals surface area contributed by atoms with E-state index in [1.54, 1.807) is 35.6 Å². The summed E-state index contributed by atoms with van der Waals surface area (Å²) in [5.41, 5.74) is 1.14. The number of rotatable bonds is 6. The van der Waals surface area contributed by atoms with Crippen LogP contribution in [-0.4, -0.2) is 47.0 Å². The molecule has 2 aromatic rings. The molecule has 1 aromatic heterocycles. The van der Waals surface area contributed by atoms with Crippen LogP contribution in [-0.2, 0) is 13.6 Å². The van der Waals surface area contributed by atoms with Crippen molar-refractivity contribution in [2.24, 2.45) is 12.0 Å². The Morgan fingerprint density at radius 3 is 2.67 bits per heavy atom. The fourth-order valence-electron chi connectivity index (χ4n) is 2.15. The Balaban J connectivity index is 0.00000288. The van der Waals surface area contributed by atoms with E-state index < -0.39 is 0 Å². The molecule has 1 aromatic carbocycles. The molecule has 0 unspecified atom stereocenters. The van der Waals surface area contributed by atoms with Crippen LogP contribution in [0, 0.1) is 5.82 Å². The maximum Gasteiger partial charge on any atom is 0.193 e.